The summed E-state index contributed by atoms with van der Waals surface area (Å²) in [5.74, 6) is -4.19. The van der Waals surface area contributed by atoms with Gasteiger partial charge in [-0.15, -0.1) is 11.3 Å². The van der Waals surface area contributed by atoms with E-state index in [-0.39, 0.29) is 12.2 Å². The summed E-state index contributed by atoms with van der Waals surface area (Å²) in [6.07, 6.45) is -0.287. The van der Waals surface area contributed by atoms with Gasteiger partial charge in [-0.3, -0.25) is 14.4 Å². The summed E-state index contributed by atoms with van der Waals surface area (Å²) >= 11 is 1.37. The maximum absolute atomic E-state index is 13.7. The Labute approximate surface area is 215 Å². The van der Waals surface area contributed by atoms with Crippen molar-refractivity contribution in [2.75, 3.05) is 10.6 Å². The van der Waals surface area contributed by atoms with Gasteiger partial charge >= 0.3 is 0 Å². The number of benzene rings is 2. The van der Waals surface area contributed by atoms with Gasteiger partial charge in [-0.05, 0) is 69.3 Å². The van der Waals surface area contributed by atoms with E-state index in [2.05, 4.69) is 10.6 Å². The standard InChI is InChI=1S/C29H32N2O4S/c1-16-8-10-20(18(3)13-16)30-27(33)24-22(32)15-29(5,35)26(25(24)23-7-6-12-36-23)28(34)31-21-11-9-17(2)14-19(21)4/h6-14,24-26,35H,15H2,1-5H3,(H,30,33)(H,31,34). The zero-order valence-corrected chi connectivity index (χ0v) is 22.0. The number of nitrogens with one attached hydrogen (secondary N) is 2. The van der Waals surface area contributed by atoms with Gasteiger partial charge in [0.15, 0.2) is 0 Å². The molecule has 4 atom stereocenters. The van der Waals surface area contributed by atoms with E-state index in [4.69, 9.17) is 0 Å². The van der Waals surface area contributed by atoms with Crippen molar-refractivity contribution in [3.63, 3.8) is 0 Å². The largest absolute Gasteiger partial charge is 0.389 e. The van der Waals surface area contributed by atoms with Gasteiger partial charge < -0.3 is 15.7 Å². The number of Topliss-reactive ketones (excluding diaryl/α,β-unsaturated/α-hetero) is 1. The molecule has 0 spiro atoms. The second kappa shape index (κ2) is 9.99. The minimum atomic E-state index is -1.62. The fourth-order valence-electron chi connectivity index (χ4n) is 5.25. The highest BCUT2D eigenvalue weighted by atomic mass is 32.1. The van der Waals surface area contributed by atoms with Gasteiger partial charge in [0.1, 0.15) is 11.7 Å². The van der Waals surface area contributed by atoms with Crippen LogP contribution in [-0.4, -0.2) is 28.3 Å². The molecular weight excluding hydrogens is 472 g/mol. The lowest BCUT2D eigenvalue weighted by atomic mass is 9.62. The predicted molar refractivity (Wildman–Crippen MR) is 143 cm³/mol. The molecule has 0 aliphatic heterocycles. The van der Waals surface area contributed by atoms with Crippen LogP contribution in [0.1, 0.15) is 46.4 Å². The van der Waals surface area contributed by atoms with Crippen molar-refractivity contribution in [1.82, 2.24) is 0 Å². The summed E-state index contributed by atoms with van der Waals surface area (Å²) in [4.78, 5) is 41.4. The number of anilines is 2. The number of carbonyl (C=O) groups is 3. The van der Waals surface area contributed by atoms with Crippen LogP contribution < -0.4 is 10.6 Å². The van der Waals surface area contributed by atoms with E-state index in [1.807, 2.05) is 81.6 Å². The predicted octanol–water partition coefficient (Wildman–Crippen LogP) is 5.30. The average Bonchev–Trinajstić information content (AvgIpc) is 3.31. The molecular formula is C29H32N2O4S. The zero-order valence-electron chi connectivity index (χ0n) is 21.2. The molecule has 1 saturated carbocycles. The number of amides is 2. The van der Waals surface area contributed by atoms with Gasteiger partial charge in [0, 0.05) is 28.6 Å². The quantitative estimate of drug-likeness (QED) is 0.411. The normalized spacial score (nSPS) is 23.8. The van der Waals surface area contributed by atoms with E-state index < -0.39 is 35.2 Å². The van der Waals surface area contributed by atoms with Gasteiger partial charge in [0.05, 0.1) is 11.5 Å². The van der Waals surface area contributed by atoms with Crippen molar-refractivity contribution in [3.8, 4) is 0 Å². The van der Waals surface area contributed by atoms with E-state index >= 15 is 0 Å². The summed E-state index contributed by atoms with van der Waals surface area (Å²) < 4.78 is 0. The second-order valence-corrected chi connectivity index (χ2v) is 11.1. The molecule has 0 bridgehead atoms. The number of aryl methyl sites for hydroxylation is 4. The Morgan fingerprint density at radius 2 is 1.47 bits per heavy atom. The van der Waals surface area contributed by atoms with Crippen LogP contribution in [0.4, 0.5) is 11.4 Å². The maximum atomic E-state index is 13.7. The smallest absolute Gasteiger partial charge is 0.235 e. The highest BCUT2D eigenvalue weighted by Gasteiger charge is 2.56. The van der Waals surface area contributed by atoms with Crippen molar-refractivity contribution in [1.29, 1.82) is 0 Å². The Kier molecular flexibility index (Phi) is 7.16. The first-order valence-electron chi connectivity index (χ1n) is 12.0. The maximum Gasteiger partial charge on any atom is 0.235 e. The lowest BCUT2D eigenvalue weighted by Gasteiger charge is -2.44. The number of carbonyl (C=O) groups excluding carboxylic acids is 3. The van der Waals surface area contributed by atoms with Crippen LogP contribution >= 0.6 is 11.3 Å². The molecule has 6 nitrogen and oxygen atoms in total. The first-order valence-corrected chi connectivity index (χ1v) is 12.9. The molecule has 188 valence electrons. The summed E-state index contributed by atoms with van der Waals surface area (Å²) in [5, 5.41) is 19.1. The van der Waals surface area contributed by atoms with E-state index in [9.17, 15) is 19.5 Å². The lowest BCUT2D eigenvalue weighted by molar-refractivity contribution is -0.150. The molecule has 0 radical (unpaired) electrons. The Bertz CT molecular complexity index is 1310. The number of thiophene rings is 1. The summed E-state index contributed by atoms with van der Waals surface area (Å²) in [6.45, 7) is 9.25. The Morgan fingerprint density at radius 1 is 0.917 bits per heavy atom. The molecule has 2 amide bonds. The molecule has 3 N–H and O–H groups in total. The number of ketones is 1. The van der Waals surface area contributed by atoms with Gasteiger partial charge in [0.2, 0.25) is 11.8 Å². The molecule has 36 heavy (non-hydrogen) atoms. The fourth-order valence-corrected chi connectivity index (χ4v) is 6.15. The summed E-state index contributed by atoms with van der Waals surface area (Å²) in [6, 6.07) is 15.0. The van der Waals surface area contributed by atoms with Gasteiger partial charge in [-0.1, -0.05) is 41.5 Å². The minimum Gasteiger partial charge on any atom is -0.389 e. The van der Waals surface area contributed by atoms with Crippen molar-refractivity contribution >= 4 is 40.3 Å². The fraction of sp³-hybridized carbons (Fsp3) is 0.345. The van der Waals surface area contributed by atoms with Crippen LogP contribution in [0.5, 0.6) is 0 Å². The van der Waals surface area contributed by atoms with Crippen LogP contribution in [-0.2, 0) is 14.4 Å². The third kappa shape index (κ3) is 5.13. The molecule has 4 rings (SSSR count). The first kappa shape index (κ1) is 25.8. The molecule has 0 saturated heterocycles. The minimum absolute atomic E-state index is 0.287. The number of rotatable bonds is 5. The molecule has 1 aromatic heterocycles. The van der Waals surface area contributed by atoms with Crippen LogP contribution in [0.3, 0.4) is 0 Å². The van der Waals surface area contributed by atoms with E-state index in [1.54, 1.807) is 0 Å². The van der Waals surface area contributed by atoms with Crippen molar-refractivity contribution in [2.45, 2.75) is 52.6 Å². The zero-order chi connectivity index (χ0) is 26.2. The first-order chi connectivity index (χ1) is 17.0. The Morgan fingerprint density at radius 3 is 1.97 bits per heavy atom. The summed E-state index contributed by atoms with van der Waals surface area (Å²) in [7, 11) is 0. The van der Waals surface area contributed by atoms with E-state index in [0.29, 0.717) is 16.3 Å². The van der Waals surface area contributed by atoms with Crippen molar-refractivity contribution in [3.05, 3.63) is 81.0 Å². The third-order valence-electron chi connectivity index (χ3n) is 6.98. The number of hydrogen-bond donors (Lipinski definition) is 3. The average molecular weight is 505 g/mol. The van der Waals surface area contributed by atoms with Crippen LogP contribution in [0, 0.1) is 39.5 Å². The monoisotopic (exact) mass is 504 g/mol. The number of hydrogen-bond acceptors (Lipinski definition) is 5. The SMILES string of the molecule is Cc1ccc(NC(=O)C2C(=O)CC(C)(O)C(C(=O)Nc3ccc(C)cc3C)C2c2cccs2)c(C)c1. The molecule has 2 aromatic carbocycles. The molecule has 1 aliphatic rings. The van der Waals surface area contributed by atoms with Gasteiger partial charge in [-0.2, -0.15) is 0 Å². The van der Waals surface area contributed by atoms with Crippen LogP contribution in [0.2, 0.25) is 0 Å². The molecule has 7 heteroatoms. The molecule has 3 aromatic rings. The lowest BCUT2D eigenvalue weighted by Crippen LogP contribution is -2.56. The molecule has 1 fully saturated rings. The van der Waals surface area contributed by atoms with Crippen molar-refractivity contribution < 1.29 is 19.5 Å². The van der Waals surface area contributed by atoms with Crippen LogP contribution in [0.15, 0.2) is 53.9 Å². The van der Waals surface area contributed by atoms with E-state index in [0.717, 1.165) is 22.3 Å². The Balaban J connectivity index is 1.73. The van der Waals surface area contributed by atoms with Gasteiger partial charge in [0.25, 0.3) is 0 Å². The Hall–Kier alpha value is -3.29. The molecule has 4 unspecified atom stereocenters. The van der Waals surface area contributed by atoms with E-state index in [1.165, 1.54) is 18.3 Å². The number of aliphatic hydroxyl groups is 1. The van der Waals surface area contributed by atoms with Crippen molar-refractivity contribution in [2.24, 2.45) is 11.8 Å². The van der Waals surface area contributed by atoms with Crippen LogP contribution in [0.25, 0.3) is 0 Å². The van der Waals surface area contributed by atoms with Gasteiger partial charge in [-0.25, -0.2) is 0 Å². The topological polar surface area (TPSA) is 95.5 Å². The molecule has 1 heterocycles. The third-order valence-corrected chi connectivity index (χ3v) is 7.96. The highest BCUT2D eigenvalue weighted by Crippen LogP contribution is 2.48. The highest BCUT2D eigenvalue weighted by molar-refractivity contribution is 7.10. The molecule has 1 aliphatic carbocycles. The summed E-state index contributed by atoms with van der Waals surface area (Å²) in [5.41, 5.74) is 3.55. The second-order valence-electron chi connectivity index (χ2n) is 10.1.